The molecular formula is C11H14O. The summed E-state index contributed by atoms with van der Waals surface area (Å²) in [6, 6.07) is 0. The van der Waals surface area contributed by atoms with Gasteiger partial charge in [0.05, 0.1) is 5.60 Å². The van der Waals surface area contributed by atoms with Gasteiger partial charge in [-0.05, 0) is 30.4 Å². The minimum absolute atomic E-state index is 0.256. The molecule has 0 aromatic heterocycles. The molecule has 0 radical (unpaired) electrons. The molecule has 0 aromatic rings. The third kappa shape index (κ3) is 0.831. The summed E-state index contributed by atoms with van der Waals surface area (Å²) in [6.45, 7) is 7.48. The van der Waals surface area contributed by atoms with Gasteiger partial charge in [-0.15, -0.1) is 6.58 Å². The second kappa shape index (κ2) is 2.33. The first-order chi connectivity index (χ1) is 5.69. The number of rotatable bonds is 2. The maximum absolute atomic E-state index is 10.1. The van der Waals surface area contributed by atoms with Crippen LogP contribution < -0.4 is 0 Å². The van der Waals surface area contributed by atoms with Crippen molar-refractivity contribution in [2.45, 2.75) is 18.4 Å². The Labute approximate surface area is 73.1 Å². The quantitative estimate of drug-likeness (QED) is 0.616. The van der Waals surface area contributed by atoms with Crippen LogP contribution in [0.25, 0.3) is 0 Å². The zero-order valence-corrected chi connectivity index (χ0v) is 7.16. The highest BCUT2D eigenvalue weighted by Crippen LogP contribution is 2.50. The summed E-state index contributed by atoms with van der Waals surface area (Å²) in [5.74, 6) is 0.779. The lowest BCUT2D eigenvalue weighted by atomic mass is 9.87. The summed E-state index contributed by atoms with van der Waals surface area (Å²) in [7, 11) is 0. The van der Waals surface area contributed by atoms with E-state index in [2.05, 4.69) is 13.2 Å². The minimum Gasteiger partial charge on any atom is -0.385 e. The van der Waals surface area contributed by atoms with E-state index in [-0.39, 0.29) is 5.92 Å². The maximum Gasteiger partial charge on any atom is 0.0901 e. The molecular weight excluding hydrogens is 148 g/mol. The van der Waals surface area contributed by atoms with Gasteiger partial charge in [-0.1, -0.05) is 18.7 Å². The topological polar surface area (TPSA) is 20.2 Å². The predicted octanol–water partition coefficient (Wildman–Crippen LogP) is 2.06. The molecule has 64 valence electrons. The van der Waals surface area contributed by atoms with E-state index in [1.165, 1.54) is 5.57 Å². The zero-order valence-electron chi connectivity index (χ0n) is 7.16. The molecule has 0 amide bonds. The van der Waals surface area contributed by atoms with Gasteiger partial charge in [0.1, 0.15) is 0 Å². The highest BCUT2D eigenvalue weighted by molar-refractivity contribution is 5.36. The first-order valence-corrected chi connectivity index (χ1v) is 4.40. The molecule has 3 atom stereocenters. The summed E-state index contributed by atoms with van der Waals surface area (Å²) in [6.07, 6.45) is 7.60. The van der Waals surface area contributed by atoms with Crippen molar-refractivity contribution in [3.05, 3.63) is 37.0 Å². The molecule has 0 saturated heterocycles. The van der Waals surface area contributed by atoms with Crippen LogP contribution in [0, 0.1) is 11.8 Å². The maximum atomic E-state index is 10.1. The Morgan fingerprint density at radius 3 is 2.75 bits per heavy atom. The number of aliphatic hydroxyl groups is 1. The van der Waals surface area contributed by atoms with Crippen LogP contribution in [-0.4, -0.2) is 10.7 Å². The molecule has 2 rings (SSSR count). The summed E-state index contributed by atoms with van der Waals surface area (Å²) in [5.41, 5.74) is 0.617. The molecule has 1 nitrogen and oxygen atoms in total. The van der Waals surface area contributed by atoms with Crippen LogP contribution in [-0.2, 0) is 0 Å². The second-order valence-corrected chi connectivity index (χ2v) is 3.82. The van der Waals surface area contributed by atoms with Gasteiger partial charge in [-0.2, -0.15) is 0 Å². The third-order valence-electron chi connectivity index (χ3n) is 3.16. The molecule has 2 bridgehead atoms. The van der Waals surface area contributed by atoms with Crippen LogP contribution >= 0.6 is 0 Å². The van der Waals surface area contributed by atoms with Crippen molar-refractivity contribution in [1.29, 1.82) is 0 Å². The van der Waals surface area contributed by atoms with E-state index < -0.39 is 5.60 Å². The van der Waals surface area contributed by atoms with E-state index in [0.29, 0.717) is 5.92 Å². The molecule has 0 aromatic carbocycles. The Kier molecular flexibility index (Phi) is 1.52. The highest BCUT2D eigenvalue weighted by atomic mass is 16.3. The van der Waals surface area contributed by atoms with E-state index in [1.54, 1.807) is 0 Å². The lowest BCUT2D eigenvalue weighted by molar-refractivity contribution is 0.0724. The summed E-state index contributed by atoms with van der Waals surface area (Å²) >= 11 is 0. The van der Waals surface area contributed by atoms with Crippen molar-refractivity contribution in [3.63, 3.8) is 0 Å². The Morgan fingerprint density at radius 2 is 2.33 bits per heavy atom. The van der Waals surface area contributed by atoms with E-state index in [0.717, 1.165) is 12.8 Å². The van der Waals surface area contributed by atoms with Gasteiger partial charge in [-0.3, -0.25) is 0 Å². The smallest absolute Gasteiger partial charge is 0.0901 e. The molecule has 1 heteroatoms. The van der Waals surface area contributed by atoms with Crippen molar-refractivity contribution >= 4 is 0 Å². The van der Waals surface area contributed by atoms with E-state index in [9.17, 15) is 5.11 Å². The molecule has 1 fully saturated rings. The van der Waals surface area contributed by atoms with Crippen molar-refractivity contribution in [1.82, 2.24) is 0 Å². The summed E-state index contributed by atoms with van der Waals surface area (Å²) < 4.78 is 0. The number of fused-ring (bicyclic) bond motifs is 2. The van der Waals surface area contributed by atoms with E-state index >= 15 is 0 Å². The second-order valence-electron chi connectivity index (χ2n) is 3.82. The lowest BCUT2D eigenvalue weighted by Crippen LogP contribution is -2.28. The van der Waals surface area contributed by atoms with Crippen LogP contribution in [0.4, 0.5) is 0 Å². The number of hydrogen-bond acceptors (Lipinski definition) is 1. The molecule has 0 spiro atoms. The largest absolute Gasteiger partial charge is 0.385 e. The third-order valence-corrected chi connectivity index (χ3v) is 3.16. The van der Waals surface area contributed by atoms with Gasteiger partial charge in [0.25, 0.3) is 0 Å². The summed E-state index contributed by atoms with van der Waals surface area (Å²) in [5, 5.41) is 10.1. The monoisotopic (exact) mass is 162 g/mol. The Hall–Kier alpha value is -0.820. The van der Waals surface area contributed by atoms with Crippen LogP contribution in [0.5, 0.6) is 0 Å². The SMILES string of the molecule is C=CC1=C[C@]2(O)C[C@H]1CC2C=C. The zero-order chi connectivity index (χ0) is 8.77. The molecule has 0 heterocycles. The van der Waals surface area contributed by atoms with Gasteiger partial charge in [0.15, 0.2) is 0 Å². The Balaban J connectivity index is 2.34. The number of allylic oxidation sites excluding steroid dienone is 2. The van der Waals surface area contributed by atoms with Gasteiger partial charge >= 0.3 is 0 Å². The normalized spacial score (nSPS) is 44.2. The van der Waals surface area contributed by atoms with Crippen LogP contribution in [0.1, 0.15) is 12.8 Å². The average molecular weight is 162 g/mol. The van der Waals surface area contributed by atoms with Crippen molar-refractivity contribution in [2.24, 2.45) is 11.8 Å². The average Bonchev–Trinajstić information content (AvgIpc) is 2.54. The molecule has 0 aliphatic heterocycles. The standard InChI is InChI=1S/C11H14O/c1-3-8-6-11(12)7-9(8)5-10(11)4-2/h3-4,6,9-10,12H,1-2,5,7H2/t9-,10?,11+/m1/s1. The van der Waals surface area contributed by atoms with Gasteiger partial charge in [0.2, 0.25) is 0 Å². The predicted molar refractivity (Wildman–Crippen MR) is 49.6 cm³/mol. The molecule has 1 unspecified atom stereocenters. The minimum atomic E-state index is -0.601. The van der Waals surface area contributed by atoms with Crippen LogP contribution in [0.15, 0.2) is 37.0 Å². The molecule has 1 saturated carbocycles. The molecule has 12 heavy (non-hydrogen) atoms. The molecule has 2 aliphatic rings. The van der Waals surface area contributed by atoms with Crippen molar-refractivity contribution in [3.8, 4) is 0 Å². The fraction of sp³-hybridized carbons (Fsp3) is 0.455. The summed E-state index contributed by atoms with van der Waals surface area (Å²) in [4.78, 5) is 0. The van der Waals surface area contributed by atoms with Crippen LogP contribution in [0.3, 0.4) is 0 Å². The van der Waals surface area contributed by atoms with Gasteiger partial charge in [0, 0.05) is 5.92 Å². The number of hydrogen-bond donors (Lipinski definition) is 1. The van der Waals surface area contributed by atoms with E-state index in [4.69, 9.17) is 0 Å². The fourth-order valence-electron chi connectivity index (χ4n) is 2.49. The van der Waals surface area contributed by atoms with Crippen LogP contribution in [0.2, 0.25) is 0 Å². The highest BCUT2D eigenvalue weighted by Gasteiger charge is 2.48. The first-order valence-electron chi connectivity index (χ1n) is 4.40. The lowest BCUT2D eigenvalue weighted by Gasteiger charge is -2.24. The molecule has 1 N–H and O–H groups in total. The van der Waals surface area contributed by atoms with Crippen molar-refractivity contribution < 1.29 is 5.11 Å². The first kappa shape index (κ1) is 7.81. The Bertz CT molecular complexity index is 264. The van der Waals surface area contributed by atoms with Gasteiger partial charge < -0.3 is 5.11 Å². The van der Waals surface area contributed by atoms with Gasteiger partial charge in [-0.25, -0.2) is 0 Å². The fourth-order valence-corrected chi connectivity index (χ4v) is 2.49. The van der Waals surface area contributed by atoms with E-state index in [1.807, 2.05) is 18.2 Å². The molecule has 2 aliphatic carbocycles. The van der Waals surface area contributed by atoms with Crippen molar-refractivity contribution in [2.75, 3.05) is 0 Å². The Morgan fingerprint density at radius 1 is 1.58 bits per heavy atom.